The molecular formula is C22H24N4O2. The van der Waals surface area contributed by atoms with Gasteiger partial charge < -0.3 is 10.6 Å². The maximum absolute atomic E-state index is 12.8. The molecule has 2 amide bonds. The zero-order valence-corrected chi connectivity index (χ0v) is 15.9. The fourth-order valence-corrected chi connectivity index (χ4v) is 4.00. The summed E-state index contributed by atoms with van der Waals surface area (Å²) in [7, 11) is 0. The van der Waals surface area contributed by atoms with Crippen molar-refractivity contribution in [3.8, 4) is 5.69 Å². The first-order valence-electron chi connectivity index (χ1n) is 9.72. The Morgan fingerprint density at radius 3 is 2.50 bits per heavy atom. The lowest BCUT2D eigenvalue weighted by molar-refractivity contribution is -0.126. The summed E-state index contributed by atoms with van der Waals surface area (Å²) in [4.78, 5) is 28.7. The minimum absolute atomic E-state index is 0.150. The lowest BCUT2D eigenvalue weighted by Gasteiger charge is -2.23. The number of aromatic nitrogens is 2. The van der Waals surface area contributed by atoms with E-state index in [0.717, 1.165) is 42.4 Å². The van der Waals surface area contributed by atoms with E-state index in [2.05, 4.69) is 15.6 Å². The van der Waals surface area contributed by atoms with E-state index in [1.807, 2.05) is 53.1 Å². The monoisotopic (exact) mass is 376 g/mol. The Morgan fingerprint density at radius 2 is 1.79 bits per heavy atom. The molecule has 6 nitrogen and oxygen atoms in total. The molecule has 1 fully saturated rings. The largest absolute Gasteiger partial charge is 0.344 e. The van der Waals surface area contributed by atoms with Crippen molar-refractivity contribution in [1.82, 2.24) is 14.9 Å². The summed E-state index contributed by atoms with van der Waals surface area (Å²) in [5.41, 5.74) is 3.66. The van der Waals surface area contributed by atoms with Crippen molar-refractivity contribution >= 4 is 28.5 Å². The van der Waals surface area contributed by atoms with Crippen LogP contribution < -0.4 is 10.6 Å². The second kappa shape index (κ2) is 7.84. The van der Waals surface area contributed by atoms with Crippen molar-refractivity contribution in [2.24, 2.45) is 5.92 Å². The standard InChI is InChI=1S/C22H24N4O2/c1-15(27)24-21(16-6-2-3-7-16)22(28)25-17-10-12-18(13-11-17)26-14-23-19-8-4-5-9-20(19)26/h4-5,8-14,16,21H,2-3,6-7H2,1H3,(H,24,27)(H,25,28). The first kappa shape index (κ1) is 18.2. The molecule has 144 valence electrons. The summed E-state index contributed by atoms with van der Waals surface area (Å²) >= 11 is 0. The number of amides is 2. The quantitative estimate of drug-likeness (QED) is 0.713. The number of fused-ring (bicyclic) bond motifs is 1. The smallest absolute Gasteiger partial charge is 0.247 e. The van der Waals surface area contributed by atoms with Gasteiger partial charge in [-0.15, -0.1) is 0 Å². The summed E-state index contributed by atoms with van der Waals surface area (Å²) in [6.07, 6.45) is 5.98. The Morgan fingerprint density at radius 1 is 1.07 bits per heavy atom. The lowest BCUT2D eigenvalue weighted by atomic mass is 9.97. The molecule has 6 heteroatoms. The fraction of sp³-hybridized carbons (Fsp3) is 0.318. The van der Waals surface area contributed by atoms with Crippen molar-refractivity contribution in [3.05, 3.63) is 54.9 Å². The van der Waals surface area contributed by atoms with Crippen molar-refractivity contribution in [2.45, 2.75) is 38.6 Å². The van der Waals surface area contributed by atoms with Crippen molar-refractivity contribution in [3.63, 3.8) is 0 Å². The summed E-state index contributed by atoms with van der Waals surface area (Å²) in [6, 6.07) is 15.1. The molecule has 1 unspecified atom stereocenters. The number of nitrogens with one attached hydrogen (secondary N) is 2. The zero-order valence-electron chi connectivity index (χ0n) is 15.9. The van der Waals surface area contributed by atoms with Gasteiger partial charge in [0, 0.05) is 18.3 Å². The maximum Gasteiger partial charge on any atom is 0.247 e. The van der Waals surface area contributed by atoms with E-state index in [1.165, 1.54) is 6.92 Å². The highest BCUT2D eigenvalue weighted by Crippen LogP contribution is 2.28. The molecule has 1 heterocycles. The SMILES string of the molecule is CC(=O)NC(C(=O)Nc1ccc(-n2cnc3ccccc32)cc1)C1CCCC1. The number of hydrogen-bond acceptors (Lipinski definition) is 3. The molecular weight excluding hydrogens is 352 g/mol. The van der Waals surface area contributed by atoms with Crippen LogP contribution in [0.25, 0.3) is 16.7 Å². The van der Waals surface area contributed by atoms with Gasteiger partial charge in [-0.2, -0.15) is 0 Å². The summed E-state index contributed by atoms with van der Waals surface area (Å²) < 4.78 is 2.01. The number of carbonyl (C=O) groups is 2. The molecule has 3 aromatic rings. The highest BCUT2D eigenvalue weighted by Gasteiger charge is 2.31. The maximum atomic E-state index is 12.8. The Hall–Kier alpha value is -3.15. The number of para-hydroxylation sites is 2. The Bertz CT molecular complexity index is 987. The van der Waals surface area contributed by atoms with Crippen LogP contribution in [0.15, 0.2) is 54.9 Å². The van der Waals surface area contributed by atoms with Crippen LogP contribution in [0.1, 0.15) is 32.6 Å². The van der Waals surface area contributed by atoms with E-state index < -0.39 is 6.04 Å². The second-order valence-electron chi connectivity index (χ2n) is 7.36. The van der Waals surface area contributed by atoms with E-state index in [9.17, 15) is 9.59 Å². The van der Waals surface area contributed by atoms with Crippen LogP contribution in [0.5, 0.6) is 0 Å². The molecule has 4 rings (SSSR count). The second-order valence-corrected chi connectivity index (χ2v) is 7.36. The third kappa shape index (κ3) is 3.76. The van der Waals surface area contributed by atoms with Gasteiger partial charge in [-0.05, 0) is 55.2 Å². The van der Waals surface area contributed by atoms with E-state index in [1.54, 1.807) is 6.33 Å². The Balaban J connectivity index is 1.50. The topological polar surface area (TPSA) is 76.0 Å². The molecule has 0 bridgehead atoms. The number of carbonyl (C=O) groups excluding carboxylic acids is 2. The predicted molar refractivity (Wildman–Crippen MR) is 109 cm³/mol. The van der Waals surface area contributed by atoms with Crippen molar-refractivity contribution in [2.75, 3.05) is 5.32 Å². The molecule has 1 aliphatic rings. The molecule has 1 saturated carbocycles. The molecule has 1 atom stereocenters. The molecule has 1 aromatic heterocycles. The minimum atomic E-state index is -0.475. The lowest BCUT2D eigenvalue weighted by Crippen LogP contribution is -2.47. The van der Waals surface area contributed by atoms with Crippen LogP contribution in [-0.4, -0.2) is 27.4 Å². The van der Waals surface area contributed by atoms with Gasteiger partial charge in [-0.3, -0.25) is 14.2 Å². The molecule has 0 saturated heterocycles. The zero-order chi connectivity index (χ0) is 19.5. The first-order chi connectivity index (χ1) is 13.6. The number of hydrogen-bond donors (Lipinski definition) is 2. The Kier molecular flexibility index (Phi) is 5.10. The van der Waals surface area contributed by atoms with Crippen LogP contribution >= 0.6 is 0 Å². The Labute approximate surface area is 164 Å². The molecule has 2 aromatic carbocycles. The number of rotatable bonds is 5. The van der Waals surface area contributed by atoms with E-state index in [0.29, 0.717) is 5.69 Å². The molecule has 28 heavy (non-hydrogen) atoms. The van der Waals surface area contributed by atoms with Gasteiger partial charge in [-0.25, -0.2) is 4.98 Å². The van der Waals surface area contributed by atoms with Gasteiger partial charge in [0.1, 0.15) is 12.4 Å². The van der Waals surface area contributed by atoms with Gasteiger partial charge in [-0.1, -0.05) is 25.0 Å². The number of imidazole rings is 1. The summed E-state index contributed by atoms with van der Waals surface area (Å²) in [6.45, 7) is 1.46. The first-order valence-corrected chi connectivity index (χ1v) is 9.72. The average Bonchev–Trinajstić information content (AvgIpc) is 3.36. The van der Waals surface area contributed by atoms with Crippen LogP contribution in [0.4, 0.5) is 5.69 Å². The van der Waals surface area contributed by atoms with E-state index >= 15 is 0 Å². The number of benzene rings is 2. The highest BCUT2D eigenvalue weighted by atomic mass is 16.2. The van der Waals surface area contributed by atoms with Crippen molar-refractivity contribution in [1.29, 1.82) is 0 Å². The molecule has 1 aliphatic carbocycles. The van der Waals surface area contributed by atoms with Crippen LogP contribution in [0, 0.1) is 5.92 Å². The third-order valence-corrected chi connectivity index (χ3v) is 5.38. The normalized spacial score (nSPS) is 15.5. The van der Waals surface area contributed by atoms with Crippen LogP contribution in [-0.2, 0) is 9.59 Å². The van der Waals surface area contributed by atoms with E-state index in [4.69, 9.17) is 0 Å². The van der Waals surface area contributed by atoms with Crippen LogP contribution in [0.3, 0.4) is 0 Å². The molecule has 2 N–H and O–H groups in total. The van der Waals surface area contributed by atoms with Crippen molar-refractivity contribution < 1.29 is 9.59 Å². The fourth-order valence-electron chi connectivity index (χ4n) is 4.00. The summed E-state index contributed by atoms with van der Waals surface area (Å²) in [5.74, 6) is -0.113. The van der Waals surface area contributed by atoms with E-state index in [-0.39, 0.29) is 17.7 Å². The summed E-state index contributed by atoms with van der Waals surface area (Å²) in [5, 5.41) is 5.79. The molecule has 0 spiro atoms. The minimum Gasteiger partial charge on any atom is -0.344 e. The van der Waals surface area contributed by atoms with Gasteiger partial charge in [0.25, 0.3) is 0 Å². The van der Waals surface area contributed by atoms with Gasteiger partial charge in [0.2, 0.25) is 11.8 Å². The highest BCUT2D eigenvalue weighted by molar-refractivity contribution is 5.97. The number of nitrogens with zero attached hydrogens (tertiary/aromatic N) is 2. The number of anilines is 1. The van der Waals surface area contributed by atoms with Crippen LogP contribution in [0.2, 0.25) is 0 Å². The third-order valence-electron chi connectivity index (χ3n) is 5.38. The van der Waals surface area contributed by atoms with Gasteiger partial charge in [0.05, 0.1) is 11.0 Å². The predicted octanol–water partition coefficient (Wildman–Crippen LogP) is 3.66. The molecule has 0 aliphatic heterocycles. The molecule has 0 radical (unpaired) electrons. The van der Waals surface area contributed by atoms with Gasteiger partial charge >= 0.3 is 0 Å². The average molecular weight is 376 g/mol. The van der Waals surface area contributed by atoms with Gasteiger partial charge in [0.15, 0.2) is 0 Å².